The summed E-state index contributed by atoms with van der Waals surface area (Å²) in [5.74, 6) is -0.360. The maximum absolute atomic E-state index is 5.22. The Morgan fingerprint density at radius 3 is 1.78 bits per heavy atom. The molecule has 1 aliphatic rings. The van der Waals surface area contributed by atoms with Gasteiger partial charge in [0.05, 0.1) is 8.86 Å². The summed E-state index contributed by atoms with van der Waals surface area (Å²) >= 11 is 4.50. The first-order chi connectivity index (χ1) is 4.33. The van der Waals surface area contributed by atoms with Crippen molar-refractivity contribution in [2.24, 2.45) is 0 Å². The van der Waals surface area contributed by atoms with E-state index in [0.717, 1.165) is 8.86 Å². The molecule has 0 fully saturated rings. The van der Waals surface area contributed by atoms with E-state index in [4.69, 9.17) is 9.47 Å². The molecule has 1 aliphatic heterocycles. The lowest BCUT2D eigenvalue weighted by atomic mass is 10.4. The summed E-state index contributed by atoms with van der Waals surface area (Å²) in [4.78, 5) is 0. The van der Waals surface area contributed by atoms with Crippen LogP contribution in [0.3, 0.4) is 0 Å². The number of ether oxygens (including phenoxy) is 2. The second-order valence-corrected chi connectivity index (χ2v) is 3.21. The van der Waals surface area contributed by atoms with E-state index in [0.29, 0.717) is 0 Å². The molecule has 0 aliphatic carbocycles. The zero-order chi connectivity index (χ0) is 6.74. The molecule has 0 aromatic heterocycles. The minimum atomic E-state index is -0.360. The predicted molar refractivity (Wildman–Crippen MR) is 51.8 cm³/mol. The summed E-state index contributed by atoms with van der Waals surface area (Å²) in [5, 5.41) is 0. The Balaban J connectivity index is 2.50. The summed E-state index contributed by atoms with van der Waals surface area (Å²) in [6.45, 7) is 0. The fraction of sp³-hybridized carbons (Fsp3) is 0.600. The van der Waals surface area contributed by atoms with Gasteiger partial charge in [-0.15, -0.1) is 0 Å². The first-order valence-corrected chi connectivity index (χ1v) is 5.51. The molecular formula is C5H6I2O2. The van der Waals surface area contributed by atoms with Crippen molar-refractivity contribution in [1.29, 1.82) is 0 Å². The summed E-state index contributed by atoms with van der Waals surface area (Å²) in [7, 11) is 0. The van der Waals surface area contributed by atoms with Gasteiger partial charge in [0.15, 0.2) is 0 Å². The van der Waals surface area contributed by atoms with E-state index in [1.54, 1.807) is 12.5 Å². The van der Waals surface area contributed by atoms with E-state index in [-0.39, 0.29) is 5.79 Å². The number of hydrogen-bond donors (Lipinski definition) is 0. The van der Waals surface area contributed by atoms with E-state index < -0.39 is 0 Å². The quantitative estimate of drug-likeness (QED) is 0.560. The SMILES string of the molecule is ICC1(CI)OC=CO1. The van der Waals surface area contributed by atoms with Crippen molar-refractivity contribution in [1.82, 2.24) is 0 Å². The molecule has 0 radical (unpaired) electrons. The second-order valence-electron chi connectivity index (χ2n) is 1.69. The third-order valence-corrected chi connectivity index (χ3v) is 3.35. The van der Waals surface area contributed by atoms with Crippen molar-refractivity contribution >= 4 is 45.2 Å². The van der Waals surface area contributed by atoms with Gasteiger partial charge >= 0.3 is 0 Å². The molecule has 0 saturated carbocycles. The van der Waals surface area contributed by atoms with Crippen LogP contribution >= 0.6 is 45.2 Å². The van der Waals surface area contributed by atoms with Crippen molar-refractivity contribution in [3.05, 3.63) is 12.5 Å². The van der Waals surface area contributed by atoms with E-state index in [2.05, 4.69) is 45.2 Å². The largest absolute Gasteiger partial charge is 0.455 e. The molecule has 0 N–H and O–H groups in total. The molecule has 52 valence electrons. The monoisotopic (exact) mass is 352 g/mol. The molecule has 0 saturated heterocycles. The Labute approximate surface area is 81.3 Å². The van der Waals surface area contributed by atoms with Crippen LogP contribution < -0.4 is 0 Å². The van der Waals surface area contributed by atoms with Gasteiger partial charge in [0.2, 0.25) is 0 Å². The highest BCUT2D eigenvalue weighted by atomic mass is 127. The molecular weight excluding hydrogens is 346 g/mol. The van der Waals surface area contributed by atoms with Gasteiger partial charge in [-0.1, -0.05) is 45.2 Å². The third kappa shape index (κ3) is 1.63. The van der Waals surface area contributed by atoms with Crippen LogP contribution in [-0.2, 0) is 9.47 Å². The van der Waals surface area contributed by atoms with Gasteiger partial charge in [-0.3, -0.25) is 0 Å². The Bertz CT molecular complexity index is 110. The lowest BCUT2D eigenvalue weighted by molar-refractivity contribution is -0.0946. The average Bonchev–Trinajstić information content (AvgIpc) is 2.36. The van der Waals surface area contributed by atoms with Crippen molar-refractivity contribution in [2.75, 3.05) is 8.86 Å². The highest BCUT2D eigenvalue weighted by Gasteiger charge is 2.32. The first-order valence-electron chi connectivity index (χ1n) is 2.45. The number of rotatable bonds is 2. The molecule has 0 aromatic rings. The minimum Gasteiger partial charge on any atom is -0.455 e. The molecule has 0 unspecified atom stereocenters. The van der Waals surface area contributed by atoms with Crippen LogP contribution in [0.15, 0.2) is 12.5 Å². The van der Waals surface area contributed by atoms with E-state index in [9.17, 15) is 0 Å². The van der Waals surface area contributed by atoms with Crippen molar-refractivity contribution in [3.63, 3.8) is 0 Å². The number of hydrogen-bond acceptors (Lipinski definition) is 2. The maximum Gasteiger partial charge on any atom is 0.267 e. The summed E-state index contributed by atoms with van der Waals surface area (Å²) < 4.78 is 12.2. The van der Waals surface area contributed by atoms with Crippen LogP contribution in [0.4, 0.5) is 0 Å². The number of halogens is 2. The Morgan fingerprint density at radius 1 is 1.11 bits per heavy atom. The van der Waals surface area contributed by atoms with Crippen LogP contribution in [-0.4, -0.2) is 14.6 Å². The lowest BCUT2D eigenvalue weighted by Gasteiger charge is -2.22. The smallest absolute Gasteiger partial charge is 0.267 e. The van der Waals surface area contributed by atoms with Gasteiger partial charge in [0.1, 0.15) is 12.5 Å². The molecule has 1 rings (SSSR count). The molecule has 9 heavy (non-hydrogen) atoms. The van der Waals surface area contributed by atoms with Gasteiger partial charge in [-0.05, 0) is 0 Å². The van der Waals surface area contributed by atoms with Crippen LogP contribution in [0.1, 0.15) is 0 Å². The fourth-order valence-corrected chi connectivity index (χ4v) is 2.78. The van der Waals surface area contributed by atoms with Crippen LogP contribution in [0.5, 0.6) is 0 Å². The Hall–Kier alpha value is 0.800. The average molecular weight is 352 g/mol. The topological polar surface area (TPSA) is 18.5 Å². The van der Waals surface area contributed by atoms with Crippen molar-refractivity contribution in [2.45, 2.75) is 5.79 Å². The minimum absolute atomic E-state index is 0.360. The van der Waals surface area contributed by atoms with Crippen molar-refractivity contribution in [3.8, 4) is 0 Å². The molecule has 0 bridgehead atoms. The maximum atomic E-state index is 5.22. The van der Waals surface area contributed by atoms with E-state index in [1.165, 1.54) is 0 Å². The van der Waals surface area contributed by atoms with Crippen LogP contribution in [0.25, 0.3) is 0 Å². The van der Waals surface area contributed by atoms with Crippen LogP contribution in [0.2, 0.25) is 0 Å². The normalized spacial score (nSPS) is 21.1. The third-order valence-electron chi connectivity index (χ3n) is 1.03. The summed E-state index contributed by atoms with van der Waals surface area (Å²) in [5.41, 5.74) is 0. The fourth-order valence-electron chi connectivity index (χ4n) is 0.493. The van der Waals surface area contributed by atoms with Crippen molar-refractivity contribution < 1.29 is 9.47 Å². The van der Waals surface area contributed by atoms with Gasteiger partial charge < -0.3 is 9.47 Å². The van der Waals surface area contributed by atoms with Gasteiger partial charge in [-0.25, -0.2) is 0 Å². The molecule has 0 amide bonds. The Kier molecular flexibility index (Phi) is 2.87. The highest BCUT2D eigenvalue weighted by molar-refractivity contribution is 14.1. The van der Waals surface area contributed by atoms with Gasteiger partial charge in [0, 0.05) is 0 Å². The highest BCUT2D eigenvalue weighted by Crippen LogP contribution is 2.24. The zero-order valence-electron chi connectivity index (χ0n) is 4.64. The Morgan fingerprint density at radius 2 is 1.56 bits per heavy atom. The first kappa shape index (κ1) is 7.90. The molecule has 2 nitrogen and oxygen atoms in total. The van der Waals surface area contributed by atoms with Gasteiger partial charge in [-0.2, -0.15) is 0 Å². The number of alkyl halides is 2. The lowest BCUT2D eigenvalue weighted by Crippen LogP contribution is -2.33. The van der Waals surface area contributed by atoms with Gasteiger partial charge in [0.25, 0.3) is 5.79 Å². The second kappa shape index (κ2) is 3.27. The molecule has 0 aromatic carbocycles. The summed E-state index contributed by atoms with van der Waals surface area (Å²) in [6.07, 6.45) is 3.19. The summed E-state index contributed by atoms with van der Waals surface area (Å²) in [6, 6.07) is 0. The van der Waals surface area contributed by atoms with E-state index in [1.807, 2.05) is 0 Å². The molecule has 0 atom stereocenters. The predicted octanol–water partition coefficient (Wildman–Crippen LogP) is 2.07. The standard InChI is InChI=1S/C5H6I2O2/c6-3-5(4-7)8-1-2-9-5/h1-2H,3-4H2. The molecule has 1 heterocycles. The molecule has 4 heteroatoms. The van der Waals surface area contributed by atoms with Crippen LogP contribution in [0, 0.1) is 0 Å². The molecule has 0 spiro atoms. The zero-order valence-corrected chi connectivity index (χ0v) is 8.96. The van der Waals surface area contributed by atoms with E-state index >= 15 is 0 Å².